The molecule has 0 saturated heterocycles. The summed E-state index contributed by atoms with van der Waals surface area (Å²) < 4.78 is 0. The summed E-state index contributed by atoms with van der Waals surface area (Å²) in [7, 11) is 0. The van der Waals surface area contributed by atoms with Crippen molar-refractivity contribution in [2.24, 2.45) is 0 Å². The zero-order valence-electron chi connectivity index (χ0n) is 10.2. The van der Waals surface area contributed by atoms with Crippen molar-refractivity contribution in [2.75, 3.05) is 5.32 Å². The number of rotatable bonds is 2. The number of hydrogen-bond donors (Lipinski definition) is 2. The van der Waals surface area contributed by atoms with Crippen LogP contribution < -0.4 is 11.0 Å². The summed E-state index contributed by atoms with van der Waals surface area (Å²) in [5.74, 6) is 0.465. The first-order valence-electron chi connectivity index (χ1n) is 5.76. The number of anilines is 2. The number of H-pyrrole nitrogens is 1. The summed E-state index contributed by atoms with van der Waals surface area (Å²) >= 11 is 0. The quantitative estimate of drug-likeness (QED) is 0.727. The fraction of sp³-hybridized carbons (Fsp3) is 0.0769. The number of nitrogens with one attached hydrogen (secondary N) is 2. The molecule has 94 valence electrons. The van der Waals surface area contributed by atoms with Crippen LogP contribution in [0.1, 0.15) is 5.56 Å². The Morgan fingerprint density at radius 3 is 2.95 bits per heavy atom. The molecule has 6 nitrogen and oxygen atoms in total. The van der Waals surface area contributed by atoms with Crippen LogP contribution in [0.4, 0.5) is 11.6 Å². The van der Waals surface area contributed by atoms with Crippen molar-refractivity contribution in [1.82, 2.24) is 19.9 Å². The first kappa shape index (κ1) is 11.3. The lowest BCUT2D eigenvalue weighted by Crippen LogP contribution is -2.09. The van der Waals surface area contributed by atoms with Crippen molar-refractivity contribution < 1.29 is 0 Å². The highest BCUT2D eigenvalue weighted by atomic mass is 16.1. The highest BCUT2D eigenvalue weighted by Gasteiger charge is 2.02. The third-order valence-corrected chi connectivity index (χ3v) is 2.64. The molecular weight excluding hydrogens is 242 g/mol. The van der Waals surface area contributed by atoms with E-state index < -0.39 is 5.69 Å². The smallest absolute Gasteiger partial charge is 0.324 e. The molecule has 1 aromatic carbocycles. The van der Waals surface area contributed by atoms with Gasteiger partial charge in [-0.2, -0.15) is 4.98 Å². The van der Waals surface area contributed by atoms with Crippen molar-refractivity contribution in [3.63, 3.8) is 0 Å². The number of aromatic nitrogens is 4. The number of hydrogen-bond acceptors (Lipinski definition) is 5. The van der Waals surface area contributed by atoms with Gasteiger partial charge in [-0.05, 0) is 24.6 Å². The third kappa shape index (κ3) is 2.42. The predicted octanol–water partition coefficient (Wildman–Crippen LogP) is 1.77. The average molecular weight is 253 g/mol. The van der Waals surface area contributed by atoms with Gasteiger partial charge in [0.05, 0.1) is 17.9 Å². The van der Waals surface area contributed by atoms with E-state index in [0.717, 1.165) is 11.3 Å². The topological polar surface area (TPSA) is 83.6 Å². The SMILES string of the molecule is Cc1cccc(Nc2ncc3[nH]c(=O)ncc3n2)c1. The molecule has 2 N–H and O–H groups in total. The molecule has 3 aromatic rings. The van der Waals surface area contributed by atoms with Crippen LogP contribution in [0.15, 0.2) is 41.5 Å². The van der Waals surface area contributed by atoms with Crippen molar-refractivity contribution in [2.45, 2.75) is 6.92 Å². The van der Waals surface area contributed by atoms with Gasteiger partial charge >= 0.3 is 5.69 Å². The van der Waals surface area contributed by atoms with Gasteiger partial charge in [0, 0.05) is 5.69 Å². The summed E-state index contributed by atoms with van der Waals surface area (Å²) in [6.45, 7) is 2.01. The van der Waals surface area contributed by atoms with Crippen molar-refractivity contribution in [1.29, 1.82) is 0 Å². The summed E-state index contributed by atoms with van der Waals surface area (Å²) in [6.07, 6.45) is 2.99. The van der Waals surface area contributed by atoms with Crippen LogP contribution >= 0.6 is 0 Å². The minimum Gasteiger partial charge on any atom is -0.324 e. The first-order chi connectivity index (χ1) is 9.20. The Morgan fingerprint density at radius 2 is 2.11 bits per heavy atom. The van der Waals surface area contributed by atoms with E-state index in [1.807, 2.05) is 31.2 Å². The van der Waals surface area contributed by atoms with E-state index >= 15 is 0 Å². The minimum atomic E-state index is -0.407. The van der Waals surface area contributed by atoms with Crippen LogP contribution in [0.3, 0.4) is 0 Å². The molecule has 0 atom stereocenters. The second kappa shape index (κ2) is 4.49. The van der Waals surface area contributed by atoms with Gasteiger partial charge in [0.15, 0.2) is 0 Å². The van der Waals surface area contributed by atoms with Gasteiger partial charge in [-0.15, -0.1) is 0 Å². The van der Waals surface area contributed by atoms with Gasteiger partial charge in [0.25, 0.3) is 0 Å². The first-order valence-corrected chi connectivity index (χ1v) is 5.76. The lowest BCUT2D eigenvalue weighted by molar-refractivity contribution is 1.09. The zero-order chi connectivity index (χ0) is 13.2. The van der Waals surface area contributed by atoms with Gasteiger partial charge < -0.3 is 10.3 Å². The van der Waals surface area contributed by atoms with Crippen molar-refractivity contribution in [3.05, 3.63) is 52.7 Å². The maximum Gasteiger partial charge on any atom is 0.345 e. The minimum absolute atomic E-state index is 0.407. The molecular formula is C13H11N5O. The summed E-state index contributed by atoms with van der Waals surface area (Å²) in [5.41, 5.74) is 2.81. The standard InChI is InChI=1S/C13H11N5O/c1-8-3-2-4-9(5-8)16-12-14-6-11-10(17-12)7-15-13(19)18-11/h2-7H,1H3,(H,14,16,17)(H,15,18,19). The molecule has 2 aromatic heterocycles. The Balaban J connectivity index is 1.97. The normalized spacial score (nSPS) is 10.6. The molecule has 0 aliphatic heterocycles. The van der Waals surface area contributed by atoms with Gasteiger partial charge in [0.1, 0.15) is 5.52 Å². The lowest BCUT2D eigenvalue weighted by Gasteiger charge is -2.05. The second-order valence-corrected chi connectivity index (χ2v) is 4.18. The molecule has 0 unspecified atom stereocenters. The summed E-state index contributed by atoms with van der Waals surface area (Å²) in [6, 6.07) is 7.91. The van der Waals surface area contributed by atoms with Crippen LogP contribution in [-0.2, 0) is 0 Å². The maximum absolute atomic E-state index is 11.1. The molecule has 0 bridgehead atoms. The number of aryl methyl sites for hydroxylation is 1. The molecule has 6 heteroatoms. The van der Waals surface area contributed by atoms with Crippen molar-refractivity contribution in [3.8, 4) is 0 Å². The van der Waals surface area contributed by atoms with Gasteiger partial charge in [0.2, 0.25) is 5.95 Å². The number of benzene rings is 1. The van der Waals surface area contributed by atoms with Crippen LogP contribution in [0, 0.1) is 6.92 Å². The molecule has 0 fully saturated rings. The van der Waals surface area contributed by atoms with E-state index in [0.29, 0.717) is 17.0 Å². The fourth-order valence-electron chi connectivity index (χ4n) is 1.77. The molecule has 0 aliphatic carbocycles. The Hall–Kier alpha value is -2.76. The Kier molecular flexibility index (Phi) is 2.68. The summed E-state index contributed by atoms with van der Waals surface area (Å²) in [5, 5.41) is 3.11. The maximum atomic E-state index is 11.1. The van der Waals surface area contributed by atoms with E-state index in [1.165, 1.54) is 6.20 Å². The largest absolute Gasteiger partial charge is 0.345 e. The predicted molar refractivity (Wildman–Crippen MR) is 72.4 cm³/mol. The van der Waals surface area contributed by atoms with Gasteiger partial charge in [-0.1, -0.05) is 12.1 Å². The molecule has 2 heterocycles. The van der Waals surface area contributed by atoms with E-state index in [4.69, 9.17) is 0 Å². The molecule has 3 rings (SSSR count). The highest BCUT2D eigenvalue weighted by Crippen LogP contribution is 2.15. The molecule has 0 amide bonds. The number of fused-ring (bicyclic) bond motifs is 1. The lowest BCUT2D eigenvalue weighted by atomic mass is 10.2. The van der Waals surface area contributed by atoms with E-state index in [-0.39, 0.29) is 0 Å². The third-order valence-electron chi connectivity index (χ3n) is 2.64. The van der Waals surface area contributed by atoms with Crippen LogP contribution in [0.5, 0.6) is 0 Å². The van der Waals surface area contributed by atoms with E-state index in [9.17, 15) is 4.79 Å². The Bertz CT molecular complexity index is 796. The van der Waals surface area contributed by atoms with Gasteiger partial charge in [-0.25, -0.2) is 14.8 Å². The second-order valence-electron chi connectivity index (χ2n) is 4.18. The zero-order valence-corrected chi connectivity index (χ0v) is 10.2. The van der Waals surface area contributed by atoms with E-state index in [2.05, 4.69) is 25.3 Å². The van der Waals surface area contributed by atoms with Crippen LogP contribution in [0.25, 0.3) is 11.0 Å². The average Bonchev–Trinajstić information content (AvgIpc) is 2.39. The van der Waals surface area contributed by atoms with Crippen LogP contribution in [0.2, 0.25) is 0 Å². The highest BCUT2D eigenvalue weighted by molar-refractivity contribution is 5.73. The summed E-state index contributed by atoms with van der Waals surface area (Å²) in [4.78, 5) is 25.7. The fourth-order valence-corrected chi connectivity index (χ4v) is 1.77. The van der Waals surface area contributed by atoms with Crippen LogP contribution in [-0.4, -0.2) is 19.9 Å². The van der Waals surface area contributed by atoms with Crippen molar-refractivity contribution >= 4 is 22.7 Å². The molecule has 0 saturated carbocycles. The Morgan fingerprint density at radius 1 is 1.21 bits per heavy atom. The molecule has 19 heavy (non-hydrogen) atoms. The molecule has 0 radical (unpaired) electrons. The molecule has 0 spiro atoms. The molecule has 0 aliphatic rings. The Labute approximate surface area is 108 Å². The monoisotopic (exact) mass is 253 g/mol. The van der Waals surface area contributed by atoms with E-state index in [1.54, 1.807) is 6.20 Å². The number of nitrogens with zero attached hydrogens (tertiary/aromatic N) is 3. The number of aromatic amines is 1. The van der Waals surface area contributed by atoms with Gasteiger partial charge in [-0.3, -0.25) is 0 Å².